The van der Waals surface area contributed by atoms with E-state index in [4.69, 9.17) is 10.5 Å². The topological polar surface area (TPSA) is 122 Å². The second-order valence-electron chi connectivity index (χ2n) is 7.83. The highest BCUT2D eigenvalue weighted by atomic mass is 32.2. The summed E-state index contributed by atoms with van der Waals surface area (Å²) in [5.74, 6) is -1.09. The summed E-state index contributed by atoms with van der Waals surface area (Å²) >= 11 is 1.38. The molecule has 29 heavy (non-hydrogen) atoms. The van der Waals surface area contributed by atoms with Crippen LogP contribution in [-0.4, -0.2) is 57.2 Å². The maximum Gasteiger partial charge on any atom is 0.355 e. The summed E-state index contributed by atoms with van der Waals surface area (Å²) in [7, 11) is 0. The number of ether oxygens (including phenoxy) is 1. The Hall–Kier alpha value is -2.36. The van der Waals surface area contributed by atoms with Crippen LogP contribution in [0.4, 0.5) is 0 Å². The molecule has 1 aromatic rings. The zero-order valence-electron chi connectivity index (χ0n) is 16.6. The number of rotatable bonds is 5. The van der Waals surface area contributed by atoms with Gasteiger partial charge < -0.3 is 20.9 Å². The van der Waals surface area contributed by atoms with Gasteiger partial charge in [0.05, 0.1) is 6.61 Å². The predicted octanol–water partition coefficient (Wildman–Crippen LogP) is 0.747. The molecule has 0 aliphatic carbocycles. The highest BCUT2D eigenvalue weighted by Crippen LogP contribution is 2.41. The Morgan fingerprint density at radius 2 is 2.03 bits per heavy atom. The van der Waals surface area contributed by atoms with E-state index in [0.717, 1.165) is 0 Å². The summed E-state index contributed by atoms with van der Waals surface area (Å²) in [5, 5.41) is 12.0. The third-order valence-corrected chi connectivity index (χ3v) is 5.94. The molecule has 0 bridgehead atoms. The van der Waals surface area contributed by atoms with Crippen molar-refractivity contribution in [1.29, 1.82) is 0 Å². The van der Waals surface area contributed by atoms with Crippen LogP contribution in [0.25, 0.3) is 0 Å². The average molecular weight is 420 g/mol. The van der Waals surface area contributed by atoms with Gasteiger partial charge in [0.15, 0.2) is 0 Å². The number of carbonyl (C=O) groups is 3. The van der Waals surface area contributed by atoms with E-state index in [9.17, 15) is 19.5 Å². The quantitative estimate of drug-likeness (QED) is 0.475. The van der Waals surface area contributed by atoms with E-state index in [0.29, 0.717) is 22.5 Å². The van der Waals surface area contributed by atoms with Crippen LogP contribution >= 0.6 is 11.8 Å². The van der Waals surface area contributed by atoms with Crippen molar-refractivity contribution >= 4 is 29.5 Å². The average Bonchev–Trinajstić information content (AvgIpc) is 2.69. The predicted molar refractivity (Wildman–Crippen MR) is 109 cm³/mol. The highest BCUT2D eigenvalue weighted by molar-refractivity contribution is 8.00. The molecule has 1 fully saturated rings. The van der Waals surface area contributed by atoms with Crippen LogP contribution in [0.1, 0.15) is 36.7 Å². The zero-order chi connectivity index (χ0) is 21.3. The molecule has 0 saturated carbocycles. The number of fused-ring (bicyclic) bond motifs is 1. The maximum absolute atomic E-state index is 12.8. The lowest BCUT2D eigenvalue weighted by Crippen LogP contribution is -2.70. The Balaban J connectivity index is 1.80. The first-order chi connectivity index (χ1) is 13.7. The van der Waals surface area contributed by atoms with Crippen molar-refractivity contribution in [3.8, 4) is 0 Å². The first-order valence-corrected chi connectivity index (χ1v) is 10.3. The number of β-lactam (4-membered cyclic amide) rings is 1. The van der Waals surface area contributed by atoms with E-state index < -0.39 is 28.9 Å². The second-order valence-corrected chi connectivity index (χ2v) is 8.94. The third kappa shape index (κ3) is 4.17. The van der Waals surface area contributed by atoms with Gasteiger partial charge in [-0.05, 0) is 38.0 Å². The van der Waals surface area contributed by atoms with Gasteiger partial charge in [0, 0.05) is 17.9 Å². The number of aliphatic hydroxyl groups is 1. The summed E-state index contributed by atoms with van der Waals surface area (Å²) in [6.07, 6.45) is 0. The van der Waals surface area contributed by atoms with Crippen molar-refractivity contribution in [2.45, 2.75) is 44.3 Å². The van der Waals surface area contributed by atoms with Gasteiger partial charge in [-0.3, -0.25) is 14.5 Å². The lowest BCUT2D eigenvalue weighted by atomic mass is 10.0. The lowest BCUT2D eigenvalue weighted by Gasteiger charge is -2.49. The number of hydrogen-bond donors (Lipinski definition) is 3. The number of carbonyl (C=O) groups excluding carboxylic acids is 3. The van der Waals surface area contributed by atoms with Crippen molar-refractivity contribution in [1.82, 2.24) is 10.2 Å². The van der Waals surface area contributed by atoms with Gasteiger partial charge in [0.2, 0.25) is 0 Å². The largest absolute Gasteiger partial charge is 0.455 e. The van der Waals surface area contributed by atoms with Crippen molar-refractivity contribution in [2.75, 3.05) is 12.4 Å². The van der Waals surface area contributed by atoms with E-state index in [-0.39, 0.29) is 24.8 Å². The molecule has 156 valence electrons. The van der Waals surface area contributed by atoms with E-state index in [1.54, 1.807) is 45.0 Å². The van der Waals surface area contributed by atoms with Gasteiger partial charge in [-0.15, -0.1) is 11.8 Å². The highest BCUT2D eigenvalue weighted by Gasteiger charge is 2.54. The molecule has 2 atom stereocenters. The standard InChI is InChI=1S/C20H25N3O5S/c1-20(2,3)28-19(27)15-12(9-24)10-29-18-14(17(26)23(15)18)22-16(25)13-7-5-4-6-11(13)8-21/h4-7,14,18,24H,8-10,21H2,1-3H3,(H,22,25)/t14-,18-/m0/s1. The molecule has 0 aromatic heterocycles. The van der Waals surface area contributed by atoms with Crippen molar-refractivity contribution < 1.29 is 24.2 Å². The number of nitrogens with two attached hydrogens (primary N) is 1. The molecule has 2 amide bonds. The van der Waals surface area contributed by atoms with Crippen molar-refractivity contribution in [3.63, 3.8) is 0 Å². The molecule has 8 nitrogen and oxygen atoms in total. The summed E-state index contributed by atoms with van der Waals surface area (Å²) in [5.41, 5.74) is 6.56. The summed E-state index contributed by atoms with van der Waals surface area (Å²) < 4.78 is 5.41. The first-order valence-electron chi connectivity index (χ1n) is 9.27. The van der Waals surface area contributed by atoms with Crippen LogP contribution in [0.15, 0.2) is 35.5 Å². The van der Waals surface area contributed by atoms with Gasteiger partial charge >= 0.3 is 5.97 Å². The molecule has 1 aromatic carbocycles. The molecule has 2 heterocycles. The van der Waals surface area contributed by atoms with E-state index in [1.165, 1.54) is 16.7 Å². The fourth-order valence-electron chi connectivity index (χ4n) is 3.26. The van der Waals surface area contributed by atoms with Gasteiger partial charge in [-0.2, -0.15) is 0 Å². The number of nitrogens with zero attached hydrogens (tertiary/aromatic N) is 1. The van der Waals surface area contributed by atoms with Gasteiger partial charge in [0.1, 0.15) is 22.7 Å². The van der Waals surface area contributed by atoms with E-state index in [1.807, 2.05) is 0 Å². The molecule has 4 N–H and O–H groups in total. The lowest BCUT2D eigenvalue weighted by molar-refractivity contribution is -0.158. The first kappa shape index (κ1) is 21.4. The van der Waals surface area contributed by atoms with Gasteiger partial charge in [0.25, 0.3) is 11.8 Å². The van der Waals surface area contributed by atoms with E-state index in [2.05, 4.69) is 5.32 Å². The van der Waals surface area contributed by atoms with Crippen molar-refractivity contribution in [2.24, 2.45) is 5.73 Å². The van der Waals surface area contributed by atoms with Crippen molar-refractivity contribution in [3.05, 3.63) is 46.7 Å². The van der Waals surface area contributed by atoms with Crippen LogP contribution in [0.2, 0.25) is 0 Å². The fraction of sp³-hybridized carbons (Fsp3) is 0.450. The molecule has 0 unspecified atom stereocenters. The minimum absolute atomic E-state index is 0.0732. The number of thioether (sulfide) groups is 1. The zero-order valence-corrected chi connectivity index (χ0v) is 17.4. The molecule has 0 radical (unpaired) electrons. The number of amides is 2. The minimum atomic E-state index is -0.768. The molecular formula is C20H25N3O5S. The Kier molecular flexibility index (Phi) is 6.02. The summed E-state index contributed by atoms with van der Waals surface area (Å²) in [6, 6.07) is 6.17. The Morgan fingerprint density at radius 3 is 2.66 bits per heavy atom. The van der Waals surface area contributed by atoms with Crippen LogP contribution < -0.4 is 11.1 Å². The monoisotopic (exact) mass is 419 g/mol. The number of nitrogens with one attached hydrogen (secondary N) is 1. The molecule has 2 aliphatic heterocycles. The number of aliphatic hydroxyl groups excluding tert-OH is 1. The fourth-order valence-corrected chi connectivity index (χ4v) is 4.59. The molecule has 1 saturated heterocycles. The smallest absolute Gasteiger partial charge is 0.355 e. The molecule has 2 aliphatic rings. The Labute approximate surface area is 173 Å². The summed E-state index contributed by atoms with van der Waals surface area (Å²) in [6.45, 7) is 5.05. The SMILES string of the molecule is CC(C)(C)OC(=O)C1=C(CO)CS[C@H]2[C@@H](NC(=O)c3ccccc3CN)C(=O)N12. The van der Waals surface area contributed by atoms with E-state index >= 15 is 0 Å². The van der Waals surface area contributed by atoms with Gasteiger partial charge in [-0.1, -0.05) is 18.2 Å². The molecule has 9 heteroatoms. The Bertz CT molecular complexity index is 877. The number of benzene rings is 1. The third-order valence-electron chi connectivity index (χ3n) is 4.60. The number of esters is 1. The molecule has 0 spiro atoms. The normalized spacial score (nSPS) is 21.4. The van der Waals surface area contributed by atoms with Gasteiger partial charge in [-0.25, -0.2) is 4.79 Å². The van der Waals surface area contributed by atoms with Crippen LogP contribution in [-0.2, 0) is 20.9 Å². The molecule has 3 rings (SSSR count). The van der Waals surface area contributed by atoms with Crippen LogP contribution in [0.3, 0.4) is 0 Å². The molecular weight excluding hydrogens is 394 g/mol. The van der Waals surface area contributed by atoms with Crippen LogP contribution in [0.5, 0.6) is 0 Å². The second kappa shape index (κ2) is 8.17. The summed E-state index contributed by atoms with van der Waals surface area (Å²) in [4.78, 5) is 39.5. The Morgan fingerprint density at radius 1 is 1.34 bits per heavy atom. The minimum Gasteiger partial charge on any atom is -0.455 e. The maximum atomic E-state index is 12.8. The van der Waals surface area contributed by atoms with Crippen LogP contribution in [0, 0.1) is 0 Å². The number of hydrogen-bond acceptors (Lipinski definition) is 7.